The molecule has 0 radical (unpaired) electrons. The standard InChI is InChI=1S/C26H54N4/c1-12-13-14-21(19-15-22(2,3)29(10)23(4,5)16-19)26(27,28)20-17-24(6,7)30(11)25(8,9)18-20/h19-21H,12-18,27-28H2,1-11H3. The fraction of sp³-hybridized carbons (Fsp3) is 1.00. The Morgan fingerprint density at radius 3 is 1.50 bits per heavy atom. The van der Waals surface area contributed by atoms with Gasteiger partial charge in [-0.1, -0.05) is 19.8 Å². The maximum atomic E-state index is 7.25. The van der Waals surface area contributed by atoms with Gasteiger partial charge in [0.1, 0.15) is 0 Å². The van der Waals surface area contributed by atoms with E-state index < -0.39 is 5.66 Å². The highest BCUT2D eigenvalue weighted by atomic mass is 15.2. The molecule has 0 saturated carbocycles. The summed E-state index contributed by atoms with van der Waals surface area (Å²) in [4.78, 5) is 5.11. The second kappa shape index (κ2) is 8.32. The molecule has 4 N–H and O–H groups in total. The Hall–Kier alpha value is -0.160. The first-order valence-electron chi connectivity index (χ1n) is 12.4. The third-order valence-corrected chi connectivity index (χ3v) is 9.43. The smallest absolute Gasteiger partial charge is 0.0698 e. The van der Waals surface area contributed by atoms with Crippen molar-refractivity contribution >= 4 is 0 Å². The monoisotopic (exact) mass is 422 g/mol. The zero-order valence-corrected chi connectivity index (χ0v) is 22.2. The molecule has 4 heteroatoms. The number of likely N-dealkylation sites (tertiary alicyclic amines) is 2. The van der Waals surface area contributed by atoms with Crippen LogP contribution in [0.3, 0.4) is 0 Å². The van der Waals surface area contributed by atoms with Gasteiger partial charge in [-0.2, -0.15) is 0 Å². The maximum Gasteiger partial charge on any atom is 0.0698 e. The Kier molecular flexibility index (Phi) is 7.24. The summed E-state index contributed by atoms with van der Waals surface area (Å²) in [5.74, 6) is 1.27. The molecule has 0 aromatic heterocycles. The van der Waals surface area contributed by atoms with Crippen molar-refractivity contribution in [2.75, 3.05) is 14.1 Å². The third-order valence-electron chi connectivity index (χ3n) is 9.43. The Morgan fingerprint density at radius 2 is 1.13 bits per heavy atom. The molecule has 0 amide bonds. The zero-order chi connectivity index (χ0) is 23.3. The van der Waals surface area contributed by atoms with Crippen molar-refractivity contribution in [1.29, 1.82) is 0 Å². The van der Waals surface area contributed by atoms with E-state index in [0.29, 0.717) is 17.8 Å². The van der Waals surface area contributed by atoms with Gasteiger partial charge in [0.2, 0.25) is 0 Å². The highest BCUT2D eigenvalue weighted by Gasteiger charge is 2.54. The highest BCUT2D eigenvalue weighted by Crippen LogP contribution is 2.50. The van der Waals surface area contributed by atoms with E-state index in [1.165, 1.54) is 25.7 Å². The number of nitrogens with zero attached hydrogens (tertiary/aromatic N) is 2. The van der Waals surface area contributed by atoms with Gasteiger partial charge in [-0.25, -0.2) is 0 Å². The average molecular weight is 423 g/mol. The van der Waals surface area contributed by atoms with E-state index in [4.69, 9.17) is 11.5 Å². The number of nitrogens with two attached hydrogens (primary N) is 2. The second-order valence-electron chi connectivity index (χ2n) is 13.4. The van der Waals surface area contributed by atoms with Crippen molar-refractivity contribution in [2.24, 2.45) is 29.2 Å². The van der Waals surface area contributed by atoms with Crippen LogP contribution in [-0.4, -0.2) is 51.7 Å². The molecule has 0 bridgehead atoms. The average Bonchev–Trinajstić information content (AvgIpc) is 2.56. The van der Waals surface area contributed by atoms with Crippen molar-refractivity contribution in [2.45, 2.75) is 135 Å². The molecule has 2 heterocycles. The number of rotatable bonds is 6. The van der Waals surface area contributed by atoms with Crippen molar-refractivity contribution in [3.63, 3.8) is 0 Å². The SMILES string of the molecule is CCCCC(C1CC(C)(C)N(C)C(C)(C)C1)C(N)(N)C1CC(C)(C)N(C)C(C)(C)C1. The molecule has 2 fully saturated rings. The van der Waals surface area contributed by atoms with Crippen molar-refractivity contribution in [3.8, 4) is 0 Å². The minimum absolute atomic E-state index is 0.108. The molecule has 0 aromatic carbocycles. The van der Waals surface area contributed by atoms with Gasteiger partial charge in [0, 0.05) is 22.2 Å². The zero-order valence-electron chi connectivity index (χ0n) is 22.2. The lowest BCUT2D eigenvalue weighted by Crippen LogP contribution is -2.70. The molecule has 4 nitrogen and oxygen atoms in total. The summed E-state index contributed by atoms with van der Waals surface area (Å²) < 4.78 is 0. The fourth-order valence-corrected chi connectivity index (χ4v) is 7.08. The summed E-state index contributed by atoms with van der Waals surface area (Å²) in [7, 11) is 4.55. The fourth-order valence-electron chi connectivity index (χ4n) is 7.08. The molecule has 0 aromatic rings. The van der Waals surface area contributed by atoms with Crippen LogP contribution in [0.15, 0.2) is 0 Å². The molecule has 2 aliphatic heterocycles. The summed E-state index contributed by atoms with van der Waals surface area (Å²) in [6, 6.07) is 0. The number of unbranched alkanes of at least 4 members (excludes halogenated alkanes) is 1. The molecule has 2 rings (SSSR count). The predicted octanol–water partition coefficient (Wildman–Crippen LogP) is 5.20. The maximum absolute atomic E-state index is 7.25. The lowest BCUT2D eigenvalue weighted by atomic mass is 9.60. The summed E-state index contributed by atoms with van der Waals surface area (Å²) in [6.07, 6.45) is 8.07. The molecule has 30 heavy (non-hydrogen) atoms. The Morgan fingerprint density at radius 1 is 0.767 bits per heavy atom. The van der Waals surface area contributed by atoms with Crippen LogP contribution in [-0.2, 0) is 0 Å². The lowest BCUT2D eigenvalue weighted by Gasteiger charge is -2.60. The Bertz CT molecular complexity index is 554. The van der Waals surface area contributed by atoms with Crippen LogP contribution in [0.2, 0.25) is 0 Å². The van der Waals surface area contributed by atoms with Crippen molar-refractivity contribution in [3.05, 3.63) is 0 Å². The van der Waals surface area contributed by atoms with Gasteiger partial charge in [0.05, 0.1) is 5.66 Å². The molecule has 0 aliphatic carbocycles. The van der Waals surface area contributed by atoms with Gasteiger partial charge >= 0.3 is 0 Å². The molecule has 1 atom stereocenters. The minimum atomic E-state index is -0.627. The van der Waals surface area contributed by atoms with Gasteiger partial charge in [0.15, 0.2) is 0 Å². The summed E-state index contributed by atoms with van der Waals surface area (Å²) in [5.41, 5.74) is 14.4. The normalized spacial score (nSPS) is 29.1. The molecule has 178 valence electrons. The van der Waals surface area contributed by atoms with E-state index in [2.05, 4.69) is 86.2 Å². The van der Waals surface area contributed by atoms with Crippen LogP contribution in [0.1, 0.15) is 107 Å². The van der Waals surface area contributed by atoms with Gasteiger partial charge in [-0.3, -0.25) is 9.80 Å². The molecule has 0 spiro atoms. The van der Waals surface area contributed by atoms with Gasteiger partial charge in [-0.15, -0.1) is 0 Å². The predicted molar refractivity (Wildman–Crippen MR) is 131 cm³/mol. The molecule has 2 aliphatic rings. The number of piperidine rings is 2. The summed E-state index contributed by atoms with van der Waals surface area (Å²) in [5, 5.41) is 0. The Labute approximate surface area is 188 Å². The van der Waals surface area contributed by atoms with Crippen LogP contribution >= 0.6 is 0 Å². The second-order valence-corrected chi connectivity index (χ2v) is 13.4. The minimum Gasteiger partial charge on any atom is -0.313 e. The van der Waals surface area contributed by atoms with Crippen LogP contribution in [0, 0.1) is 17.8 Å². The van der Waals surface area contributed by atoms with Crippen LogP contribution < -0.4 is 11.5 Å². The van der Waals surface area contributed by atoms with Gasteiger partial charge < -0.3 is 11.5 Å². The largest absolute Gasteiger partial charge is 0.313 e. The first kappa shape index (κ1) is 26.1. The van der Waals surface area contributed by atoms with Crippen molar-refractivity contribution in [1.82, 2.24) is 9.80 Å². The van der Waals surface area contributed by atoms with E-state index in [0.717, 1.165) is 19.3 Å². The van der Waals surface area contributed by atoms with Gasteiger partial charge in [-0.05, 0) is 119 Å². The molecule has 2 saturated heterocycles. The van der Waals surface area contributed by atoms with Crippen LogP contribution in [0.5, 0.6) is 0 Å². The Balaban J connectivity index is 2.40. The lowest BCUT2D eigenvalue weighted by molar-refractivity contribution is -0.0870. The number of hydrogen-bond acceptors (Lipinski definition) is 4. The quantitative estimate of drug-likeness (QED) is 0.577. The highest BCUT2D eigenvalue weighted by molar-refractivity contribution is 5.09. The topological polar surface area (TPSA) is 58.5 Å². The van der Waals surface area contributed by atoms with E-state index in [9.17, 15) is 0 Å². The van der Waals surface area contributed by atoms with E-state index >= 15 is 0 Å². The van der Waals surface area contributed by atoms with Crippen LogP contribution in [0.25, 0.3) is 0 Å². The van der Waals surface area contributed by atoms with E-state index in [1.54, 1.807) is 0 Å². The molecular formula is C26H54N4. The third kappa shape index (κ3) is 4.92. The van der Waals surface area contributed by atoms with Gasteiger partial charge in [0.25, 0.3) is 0 Å². The first-order chi connectivity index (χ1) is 13.4. The number of hydrogen-bond donors (Lipinski definition) is 2. The summed E-state index contributed by atoms with van der Waals surface area (Å²) >= 11 is 0. The van der Waals surface area contributed by atoms with E-state index in [1.807, 2.05) is 0 Å². The van der Waals surface area contributed by atoms with Crippen molar-refractivity contribution < 1.29 is 0 Å². The molecule has 1 unspecified atom stereocenters. The first-order valence-corrected chi connectivity index (χ1v) is 12.4. The molecular weight excluding hydrogens is 368 g/mol. The summed E-state index contributed by atoms with van der Waals surface area (Å²) in [6.45, 7) is 21.3. The van der Waals surface area contributed by atoms with Crippen LogP contribution in [0.4, 0.5) is 0 Å². The van der Waals surface area contributed by atoms with E-state index in [-0.39, 0.29) is 22.2 Å².